The predicted molar refractivity (Wildman–Crippen MR) is 76.7 cm³/mol. The largest absolute Gasteiger partial charge is 0.370 e. The van der Waals surface area contributed by atoms with Gasteiger partial charge < -0.3 is 10.6 Å². The maximum atomic E-state index is 11.0. The van der Waals surface area contributed by atoms with Crippen molar-refractivity contribution in [3.8, 4) is 0 Å². The lowest BCUT2D eigenvalue weighted by Gasteiger charge is -2.08. The minimum absolute atomic E-state index is 0.0155. The van der Waals surface area contributed by atoms with Crippen LogP contribution in [0, 0.1) is 10.1 Å². The van der Waals surface area contributed by atoms with E-state index in [2.05, 4.69) is 15.6 Å². The average molecular weight is 278 g/mol. The fraction of sp³-hybridized carbons (Fsp3) is 0.250. The van der Waals surface area contributed by atoms with Crippen LogP contribution in [0.15, 0.2) is 29.6 Å². The minimum Gasteiger partial charge on any atom is -0.370 e. The van der Waals surface area contributed by atoms with Gasteiger partial charge in [0.05, 0.1) is 11.5 Å². The summed E-state index contributed by atoms with van der Waals surface area (Å²) in [7, 11) is 0. The summed E-state index contributed by atoms with van der Waals surface area (Å²) in [6, 6.07) is 6.98. The third kappa shape index (κ3) is 3.41. The first-order valence-electron chi connectivity index (χ1n) is 5.86. The summed E-state index contributed by atoms with van der Waals surface area (Å²) < 4.78 is 0. The quantitative estimate of drug-likeness (QED) is 0.627. The van der Waals surface area contributed by atoms with E-state index in [9.17, 15) is 10.1 Å². The molecule has 7 heteroatoms. The lowest BCUT2D eigenvalue weighted by atomic mass is 10.3. The molecule has 2 rings (SSSR count). The number of hydrogen-bond acceptors (Lipinski definition) is 6. The number of pyridine rings is 1. The van der Waals surface area contributed by atoms with Crippen LogP contribution in [0.25, 0.3) is 0 Å². The summed E-state index contributed by atoms with van der Waals surface area (Å²) in [5.74, 6) is 0.915. The molecule has 0 aliphatic heterocycles. The summed E-state index contributed by atoms with van der Waals surface area (Å²) >= 11 is 1.60. The number of anilines is 2. The summed E-state index contributed by atoms with van der Waals surface area (Å²) in [5, 5.41) is 19.0. The molecule has 0 saturated heterocycles. The van der Waals surface area contributed by atoms with Gasteiger partial charge in [-0.05, 0) is 24.4 Å². The molecule has 0 aliphatic rings. The van der Waals surface area contributed by atoms with Gasteiger partial charge in [-0.3, -0.25) is 10.1 Å². The predicted octanol–water partition coefficient (Wildman–Crippen LogP) is 3.10. The van der Waals surface area contributed by atoms with E-state index in [0.29, 0.717) is 12.4 Å². The van der Waals surface area contributed by atoms with Crippen LogP contribution in [0.5, 0.6) is 0 Å². The molecule has 6 nitrogen and oxygen atoms in total. The number of thiophene rings is 1. The molecule has 0 spiro atoms. The van der Waals surface area contributed by atoms with E-state index >= 15 is 0 Å². The zero-order valence-electron chi connectivity index (χ0n) is 10.4. The van der Waals surface area contributed by atoms with Gasteiger partial charge in [0, 0.05) is 17.5 Å². The summed E-state index contributed by atoms with van der Waals surface area (Å²) in [6.45, 7) is 3.19. The van der Waals surface area contributed by atoms with Gasteiger partial charge in [-0.25, -0.2) is 4.98 Å². The number of hydrogen-bond donors (Lipinski definition) is 2. The molecular formula is C12H14N4O2S. The van der Waals surface area contributed by atoms with Gasteiger partial charge in [-0.2, -0.15) is 0 Å². The molecule has 0 fully saturated rings. The van der Waals surface area contributed by atoms with Crippen molar-refractivity contribution >= 4 is 28.7 Å². The number of nitro groups is 1. The third-order valence-corrected chi connectivity index (χ3v) is 3.32. The van der Waals surface area contributed by atoms with Crippen LogP contribution in [-0.4, -0.2) is 16.5 Å². The second-order valence-electron chi connectivity index (χ2n) is 3.78. The Kier molecular flexibility index (Phi) is 4.30. The molecule has 0 radical (unpaired) electrons. The maximum Gasteiger partial charge on any atom is 0.311 e. The average Bonchev–Trinajstić information content (AvgIpc) is 2.89. The first-order valence-corrected chi connectivity index (χ1v) is 6.74. The fourth-order valence-corrected chi connectivity index (χ4v) is 2.24. The highest BCUT2D eigenvalue weighted by molar-refractivity contribution is 7.09. The molecule has 2 N–H and O–H groups in total. The molecule has 0 unspecified atom stereocenters. The first kappa shape index (κ1) is 13.3. The van der Waals surface area contributed by atoms with E-state index in [-0.39, 0.29) is 11.5 Å². The van der Waals surface area contributed by atoms with Gasteiger partial charge in [-0.15, -0.1) is 11.3 Å². The van der Waals surface area contributed by atoms with E-state index in [1.165, 1.54) is 6.07 Å². The molecule has 0 aliphatic carbocycles. The SMILES string of the molecule is CCNc1ccc([N+](=O)[O-])c(NCc2cccs2)n1. The molecule has 2 aromatic heterocycles. The van der Waals surface area contributed by atoms with Crippen molar-refractivity contribution in [1.82, 2.24) is 4.98 Å². The highest BCUT2D eigenvalue weighted by atomic mass is 32.1. The standard InChI is InChI=1S/C12H14N4O2S/c1-2-13-11-6-5-10(16(17)18)12(15-11)14-8-9-4-3-7-19-9/h3-7H,2,8H2,1H3,(H2,13,14,15). The van der Waals surface area contributed by atoms with Crippen molar-refractivity contribution < 1.29 is 4.92 Å². The van der Waals surface area contributed by atoms with Crippen molar-refractivity contribution in [1.29, 1.82) is 0 Å². The Hall–Kier alpha value is -2.15. The number of aromatic nitrogens is 1. The Morgan fingerprint density at radius 1 is 1.37 bits per heavy atom. The van der Waals surface area contributed by atoms with Crippen molar-refractivity contribution in [2.24, 2.45) is 0 Å². The van der Waals surface area contributed by atoms with Gasteiger partial charge >= 0.3 is 5.69 Å². The van der Waals surface area contributed by atoms with E-state index in [1.54, 1.807) is 17.4 Å². The smallest absolute Gasteiger partial charge is 0.311 e. The second-order valence-corrected chi connectivity index (χ2v) is 4.82. The van der Waals surface area contributed by atoms with Crippen LogP contribution in [0.1, 0.15) is 11.8 Å². The molecule has 0 saturated carbocycles. The van der Waals surface area contributed by atoms with Crippen LogP contribution >= 0.6 is 11.3 Å². The van der Waals surface area contributed by atoms with Crippen molar-refractivity contribution in [3.63, 3.8) is 0 Å². The Balaban J connectivity index is 2.19. The molecule has 0 aromatic carbocycles. The fourth-order valence-electron chi connectivity index (χ4n) is 1.59. The Bertz CT molecular complexity index is 557. The van der Waals surface area contributed by atoms with Crippen LogP contribution in [0.2, 0.25) is 0 Å². The van der Waals surface area contributed by atoms with Crippen LogP contribution in [0.3, 0.4) is 0 Å². The zero-order chi connectivity index (χ0) is 13.7. The third-order valence-electron chi connectivity index (χ3n) is 2.44. The molecule has 0 atom stereocenters. The van der Waals surface area contributed by atoms with Gasteiger partial charge in [0.1, 0.15) is 5.82 Å². The molecular weight excluding hydrogens is 264 g/mol. The Morgan fingerprint density at radius 2 is 2.21 bits per heavy atom. The molecule has 100 valence electrons. The Morgan fingerprint density at radius 3 is 2.84 bits per heavy atom. The first-order chi connectivity index (χ1) is 9.20. The number of rotatable bonds is 6. The Labute approximate surface area is 114 Å². The zero-order valence-corrected chi connectivity index (χ0v) is 11.2. The lowest BCUT2D eigenvalue weighted by molar-refractivity contribution is -0.384. The van der Waals surface area contributed by atoms with E-state index in [0.717, 1.165) is 11.4 Å². The molecule has 0 amide bonds. The summed E-state index contributed by atoms with van der Waals surface area (Å²) in [5.41, 5.74) is -0.0155. The van der Waals surface area contributed by atoms with Crippen LogP contribution in [0.4, 0.5) is 17.3 Å². The van der Waals surface area contributed by atoms with Crippen molar-refractivity contribution in [2.45, 2.75) is 13.5 Å². The van der Waals surface area contributed by atoms with Gasteiger partial charge in [0.2, 0.25) is 5.82 Å². The lowest BCUT2D eigenvalue weighted by Crippen LogP contribution is -2.06. The summed E-state index contributed by atoms with van der Waals surface area (Å²) in [6.07, 6.45) is 0. The van der Waals surface area contributed by atoms with Crippen LogP contribution < -0.4 is 10.6 Å². The van der Waals surface area contributed by atoms with Crippen LogP contribution in [-0.2, 0) is 6.54 Å². The maximum absolute atomic E-state index is 11.0. The highest BCUT2D eigenvalue weighted by Crippen LogP contribution is 2.24. The van der Waals surface area contributed by atoms with Crippen molar-refractivity contribution in [2.75, 3.05) is 17.2 Å². The van der Waals surface area contributed by atoms with E-state index < -0.39 is 4.92 Å². The molecule has 19 heavy (non-hydrogen) atoms. The van der Waals surface area contributed by atoms with E-state index in [4.69, 9.17) is 0 Å². The summed E-state index contributed by atoms with van der Waals surface area (Å²) in [4.78, 5) is 15.9. The number of nitrogens with zero attached hydrogens (tertiary/aromatic N) is 2. The number of nitrogens with one attached hydrogen (secondary N) is 2. The van der Waals surface area contributed by atoms with Gasteiger partial charge in [0.25, 0.3) is 0 Å². The van der Waals surface area contributed by atoms with Gasteiger partial charge in [0.15, 0.2) is 0 Å². The monoisotopic (exact) mass is 278 g/mol. The van der Waals surface area contributed by atoms with Gasteiger partial charge in [-0.1, -0.05) is 6.07 Å². The molecule has 2 heterocycles. The van der Waals surface area contributed by atoms with Crippen molar-refractivity contribution in [3.05, 3.63) is 44.6 Å². The second kappa shape index (κ2) is 6.14. The van der Waals surface area contributed by atoms with E-state index in [1.807, 2.05) is 24.4 Å². The highest BCUT2D eigenvalue weighted by Gasteiger charge is 2.15. The molecule has 2 aromatic rings. The normalized spacial score (nSPS) is 10.2. The topological polar surface area (TPSA) is 80.1 Å². The molecule has 0 bridgehead atoms. The minimum atomic E-state index is -0.431.